The van der Waals surface area contributed by atoms with Gasteiger partial charge in [0.25, 0.3) is 11.8 Å². The van der Waals surface area contributed by atoms with Gasteiger partial charge < -0.3 is 19.9 Å². The van der Waals surface area contributed by atoms with Crippen LogP contribution >= 0.6 is 27.3 Å². The quantitative estimate of drug-likeness (QED) is 0.250. The van der Waals surface area contributed by atoms with Crippen LogP contribution in [0.2, 0.25) is 0 Å². The smallest absolute Gasteiger partial charge is 0.259 e. The molecule has 0 aliphatic carbocycles. The standard InChI is InChI=1S/C34H33BrN4O3S/c1-21-17-27(31(36-18-21)38-19-34(20-38)12-15-42-16-13-34)32(40)37-24-9-7-23(8-10-24)33(41)39-14-11-25-22(2)30(35)43-29(25)26-5-3-4-6-28(26)39/h3-10,17-18H,11-16,19-20H2,1-2H3,(H,37,40). The Morgan fingerprint density at radius 2 is 1.79 bits per heavy atom. The number of benzene rings is 2. The number of nitrogens with one attached hydrogen (secondary N) is 1. The van der Waals surface area contributed by atoms with E-state index >= 15 is 0 Å². The SMILES string of the molecule is Cc1cnc(N2CC3(CCOCC3)C2)c(C(=O)Nc2ccc(C(=O)N3CCc4c(sc(Br)c4C)-c4ccccc43)cc2)c1. The lowest BCUT2D eigenvalue weighted by Gasteiger charge is -2.53. The molecule has 0 saturated carbocycles. The zero-order valence-corrected chi connectivity index (χ0v) is 26.7. The number of carbonyl (C=O) groups is 2. The number of aromatic nitrogens is 1. The lowest BCUT2D eigenvalue weighted by Crippen LogP contribution is -2.59. The molecule has 4 aromatic rings. The van der Waals surface area contributed by atoms with Gasteiger partial charge in [0.05, 0.1) is 15.0 Å². The maximum Gasteiger partial charge on any atom is 0.259 e. The number of para-hydroxylation sites is 1. The van der Waals surface area contributed by atoms with Crippen LogP contribution in [-0.4, -0.2) is 49.6 Å². The van der Waals surface area contributed by atoms with E-state index in [1.165, 1.54) is 16.0 Å². The second-order valence-electron chi connectivity index (χ2n) is 11.9. The summed E-state index contributed by atoms with van der Waals surface area (Å²) in [6, 6.07) is 17.2. The second kappa shape index (κ2) is 11.2. The third kappa shape index (κ3) is 5.17. The molecule has 0 bridgehead atoms. The highest BCUT2D eigenvalue weighted by Gasteiger charge is 2.45. The number of pyridine rings is 1. The normalized spacial score (nSPS) is 17.1. The van der Waals surface area contributed by atoms with Gasteiger partial charge in [-0.05, 0) is 102 Å². The van der Waals surface area contributed by atoms with Crippen molar-refractivity contribution in [2.24, 2.45) is 5.41 Å². The Labute approximate surface area is 264 Å². The van der Waals surface area contributed by atoms with Crippen LogP contribution in [0.15, 0.2) is 64.6 Å². The minimum Gasteiger partial charge on any atom is -0.381 e. The number of amides is 2. The zero-order valence-electron chi connectivity index (χ0n) is 24.3. The number of thiophene rings is 1. The summed E-state index contributed by atoms with van der Waals surface area (Å²) >= 11 is 5.44. The van der Waals surface area contributed by atoms with Crippen molar-refractivity contribution < 1.29 is 14.3 Å². The third-order valence-electron chi connectivity index (χ3n) is 9.03. The lowest BCUT2D eigenvalue weighted by atomic mass is 9.73. The van der Waals surface area contributed by atoms with E-state index in [-0.39, 0.29) is 17.2 Å². The van der Waals surface area contributed by atoms with Crippen molar-refractivity contribution in [2.75, 3.05) is 48.0 Å². The Morgan fingerprint density at radius 3 is 2.56 bits per heavy atom. The molecule has 5 heterocycles. The molecule has 7 rings (SSSR count). The highest BCUT2D eigenvalue weighted by Crippen LogP contribution is 2.46. The Kier molecular flexibility index (Phi) is 7.35. The van der Waals surface area contributed by atoms with E-state index in [2.05, 4.69) is 44.1 Å². The Balaban J connectivity index is 1.08. The minimum atomic E-state index is -0.202. The van der Waals surface area contributed by atoms with Gasteiger partial charge in [0.15, 0.2) is 0 Å². The number of halogens is 1. The average Bonchev–Trinajstić information content (AvgIpc) is 3.19. The predicted octanol–water partition coefficient (Wildman–Crippen LogP) is 7.26. The molecule has 1 spiro atoms. The number of aryl methyl sites for hydroxylation is 1. The molecule has 0 unspecified atom stereocenters. The van der Waals surface area contributed by atoms with Gasteiger partial charge in [0, 0.05) is 66.2 Å². The number of fused-ring (bicyclic) bond motifs is 3. The van der Waals surface area contributed by atoms with Crippen molar-refractivity contribution in [1.29, 1.82) is 0 Å². The van der Waals surface area contributed by atoms with E-state index < -0.39 is 0 Å². The van der Waals surface area contributed by atoms with E-state index in [1.807, 2.05) is 42.3 Å². The van der Waals surface area contributed by atoms with Gasteiger partial charge in [-0.15, -0.1) is 11.3 Å². The number of ether oxygens (including phenoxy) is 1. The number of hydrogen-bond acceptors (Lipinski definition) is 6. The first-order valence-electron chi connectivity index (χ1n) is 14.7. The van der Waals surface area contributed by atoms with Gasteiger partial charge in [-0.2, -0.15) is 0 Å². The van der Waals surface area contributed by atoms with Crippen LogP contribution < -0.4 is 15.1 Å². The molecular weight excluding hydrogens is 624 g/mol. The molecule has 9 heteroatoms. The summed E-state index contributed by atoms with van der Waals surface area (Å²) < 4.78 is 6.70. The summed E-state index contributed by atoms with van der Waals surface area (Å²) in [6.45, 7) is 8.08. The lowest BCUT2D eigenvalue weighted by molar-refractivity contribution is -0.000509. The topological polar surface area (TPSA) is 74.8 Å². The molecule has 2 aromatic heterocycles. The molecule has 2 saturated heterocycles. The summed E-state index contributed by atoms with van der Waals surface area (Å²) in [4.78, 5) is 37.3. The first-order chi connectivity index (χ1) is 20.8. The van der Waals surface area contributed by atoms with Crippen molar-refractivity contribution in [2.45, 2.75) is 33.1 Å². The molecule has 2 aromatic carbocycles. The molecule has 43 heavy (non-hydrogen) atoms. The van der Waals surface area contributed by atoms with Crippen molar-refractivity contribution in [3.8, 4) is 10.4 Å². The van der Waals surface area contributed by atoms with Gasteiger partial charge >= 0.3 is 0 Å². The van der Waals surface area contributed by atoms with Crippen LogP contribution in [0, 0.1) is 19.3 Å². The molecule has 3 aliphatic rings. The summed E-state index contributed by atoms with van der Waals surface area (Å²) in [5.41, 5.74) is 7.54. The Morgan fingerprint density at radius 1 is 1.05 bits per heavy atom. The fraction of sp³-hybridized carbons (Fsp3) is 0.324. The molecule has 7 nitrogen and oxygen atoms in total. The Hall–Kier alpha value is -3.53. The fourth-order valence-corrected chi connectivity index (χ4v) is 8.40. The van der Waals surface area contributed by atoms with Crippen LogP contribution in [-0.2, 0) is 11.2 Å². The first kappa shape index (κ1) is 28.3. The zero-order chi connectivity index (χ0) is 29.7. The molecular formula is C34H33BrN4O3S. The summed E-state index contributed by atoms with van der Waals surface area (Å²) in [7, 11) is 0. The fourth-order valence-electron chi connectivity index (χ4n) is 6.56. The van der Waals surface area contributed by atoms with E-state index in [1.54, 1.807) is 35.6 Å². The third-order valence-corrected chi connectivity index (χ3v) is 11.3. The van der Waals surface area contributed by atoms with Crippen LogP contribution in [0.1, 0.15) is 50.2 Å². The minimum absolute atomic E-state index is 0.0535. The molecule has 0 atom stereocenters. The van der Waals surface area contributed by atoms with Gasteiger partial charge in [-0.1, -0.05) is 18.2 Å². The highest BCUT2D eigenvalue weighted by atomic mass is 79.9. The summed E-state index contributed by atoms with van der Waals surface area (Å²) in [5, 5.41) is 3.04. The highest BCUT2D eigenvalue weighted by molar-refractivity contribution is 9.11. The average molecular weight is 658 g/mol. The summed E-state index contributed by atoms with van der Waals surface area (Å²) in [6.07, 6.45) is 4.72. The number of carbonyl (C=O) groups excluding carboxylic acids is 2. The van der Waals surface area contributed by atoms with Crippen LogP contribution in [0.5, 0.6) is 0 Å². The van der Waals surface area contributed by atoms with Crippen LogP contribution in [0.4, 0.5) is 17.2 Å². The summed E-state index contributed by atoms with van der Waals surface area (Å²) in [5.74, 6) is 0.470. The first-order valence-corrected chi connectivity index (χ1v) is 16.3. The van der Waals surface area contributed by atoms with E-state index in [4.69, 9.17) is 4.74 Å². The van der Waals surface area contributed by atoms with Crippen molar-refractivity contribution in [3.63, 3.8) is 0 Å². The maximum absolute atomic E-state index is 13.8. The van der Waals surface area contributed by atoms with Gasteiger partial charge in [-0.25, -0.2) is 4.98 Å². The number of hydrogen-bond donors (Lipinski definition) is 1. The maximum atomic E-state index is 13.8. The van der Waals surface area contributed by atoms with Crippen molar-refractivity contribution in [1.82, 2.24) is 4.98 Å². The molecule has 2 fully saturated rings. The molecule has 3 aliphatic heterocycles. The number of nitrogens with zero attached hydrogens (tertiary/aromatic N) is 3. The Bertz CT molecular complexity index is 1720. The van der Waals surface area contributed by atoms with E-state index in [9.17, 15) is 9.59 Å². The van der Waals surface area contributed by atoms with Crippen molar-refractivity contribution >= 4 is 56.3 Å². The largest absolute Gasteiger partial charge is 0.381 e. The van der Waals surface area contributed by atoms with Crippen LogP contribution in [0.3, 0.4) is 0 Å². The molecule has 1 N–H and O–H groups in total. The number of anilines is 3. The predicted molar refractivity (Wildman–Crippen MR) is 176 cm³/mol. The van der Waals surface area contributed by atoms with Crippen LogP contribution in [0.25, 0.3) is 10.4 Å². The van der Waals surface area contributed by atoms with E-state index in [0.29, 0.717) is 23.4 Å². The molecule has 220 valence electrons. The van der Waals surface area contributed by atoms with Gasteiger partial charge in [-0.3, -0.25) is 9.59 Å². The van der Waals surface area contributed by atoms with Crippen molar-refractivity contribution in [3.05, 3.63) is 92.4 Å². The van der Waals surface area contributed by atoms with E-state index in [0.717, 1.165) is 72.0 Å². The number of rotatable bonds is 4. The molecule has 0 radical (unpaired) electrons. The molecule has 2 amide bonds. The van der Waals surface area contributed by atoms with Gasteiger partial charge in [0.1, 0.15) is 5.82 Å². The monoisotopic (exact) mass is 656 g/mol. The second-order valence-corrected chi connectivity index (χ2v) is 14.3. The van der Waals surface area contributed by atoms with Gasteiger partial charge in [0.2, 0.25) is 0 Å².